The van der Waals surface area contributed by atoms with Crippen LogP contribution in [0.5, 0.6) is 5.75 Å². The molecule has 0 spiro atoms. The third kappa shape index (κ3) is 3.82. The van der Waals surface area contributed by atoms with E-state index in [1.807, 2.05) is 12.1 Å². The summed E-state index contributed by atoms with van der Waals surface area (Å²) < 4.78 is 5.35. The summed E-state index contributed by atoms with van der Waals surface area (Å²) >= 11 is 3.76. The second-order valence-electron chi connectivity index (χ2n) is 5.18. The van der Waals surface area contributed by atoms with Crippen molar-refractivity contribution in [3.05, 3.63) is 29.8 Å². The van der Waals surface area contributed by atoms with Crippen LogP contribution in [0.2, 0.25) is 0 Å². The number of rotatable bonds is 4. The van der Waals surface area contributed by atoms with E-state index in [1.165, 1.54) is 5.56 Å². The second kappa shape index (κ2) is 5.72. The molecule has 1 atom stereocenters. The largest absolute Gasteiger partial charge is 0.496 e. The number of aryl methyl sites for hydroxylation is 1. The number of ether oxygens (including phenoxy) is 1. The molecule has 0 amide bonds. The molecule has 1 unspecified atom stereocenters. The van der Waals surface area contributed by atoms with E-state index in [-0.39, 0.29) is 0 Å². The van der Waals surface area contributed by atoms with Crippen LogP contribution in [0.15, 0.2) is 24.3 Å². The number of benzene rings is 1. The van der Waals surface area contributed by atoms with Crippen molar-refractivity contribution in [3.8, 4) is 5.75 Å². The van der Waals surface area contributed by atoms with E-state index in [0.29, 0.717) is 10.2 Å². The van der Waals surface area contributed by atoms with E-state index >= 15 is 0 Å². The molecule has 1 rings (SSSR count). The van der Waals surface area contributed by atoms with Gasteiger partial charge in [-0.15, -0.1) is 0 Å². The SMILES string of the molecule is COc1ccccc1CCC(Br)C(C)(C)C. The Morgan fingerprint density at radius 1 is 1.25 bits per heavy atom. The van der Waals surface area contributed by atoms with Gasteiger partial charge in [0.25, 0.3) is 0 Å². The molecule has 0 N–H and O–H groups in total. The van der Waals surface area contributed by atoms with Crippen molar-refractivity contribution in [2.45, 2.75) is 38.4 Å². The maximum atomic E-state index is 5.35. The Labute approximate surface area is 107 Å². The first kappa shape index (κ1) is 13.6. The van der Waals surface area contributed by atoms with Gasteiger partial charge < -0.3 is 4.74 Å². The molecule has 0 radical (unpaired) electrons. The average Bonchev–Trinajstić information content (AvgIpc) is 2.24. The van der Waals surface area contributed by atoms with E-state index < -0.39 is 0 Å². The van der Waals surface area contributed by atoms with Crippen LogP contribution >= 0.6 is 15.9 Å². The minimum atomic E-state index is 0.308. The molecule has 0 aromatic heterocycles. The fourth-order valence-electron chi connectivity index (χ4n) is 1.62. The van der Waals surface area contributed by atoms with Crippen molar-refractivity contribution in [3.63, 3.8) is 0 Å². The zero-order valence-corrected chi connectivity index (χ0v) is 12.2. The van der Waals surface area contributed by atoms with E-state index in [2.05, 4.69) is 48.8 Å². The van der Waals surface area contributed by atoms with Crippen LogP contribution in [0.1, 0.15) is 32.8 Å². The van der Waals surface area contributed by atoms with Gasteiger partial charge in [-0.3, -0.25) is 0 Å². The molecular formula is C14H21BrO. The highest BCUT2D eigenvalue weighted by Crippen LogP contribution is 2.30. The standard InChI is InChI=1S/C14H21BrO/c1-14(2,3)13(15)10-9-11-7-5-6-8-12(11)16-4/h5-8,13H,9-10H2,1-4H3. The van der Waals surface area contributed by atoms with Crippen molar-refractivity contribution in [2.75, 3.05) is 7.11 Å². The number of hydrogen-bond donors (Lipinski definition) is 0. The van der Waals surface area contributed by atoms with Gasteiger partial charge in [-0.25, -0.2) is 0 Å². The fraction of sp³-hybridized carbons (Fsp3) is 0.571. The Balaban J connectivity index is 2.61. The average molecular weight is 285 g/mol. The van der Waals surface area contributed by atoms with Crippen LogP contribution in [0.25, 0.3) is 0 Å². The van der Waals surface area contributed by atoms with Crippen molar-refractivity contribution in [1.82, 2.24) is 0 Å². The highest BCUT2D eigenvalue weighted by atomic mass is 79.9. The molecule has 0 aliphatic rings. The predicted octanol–water partition coefficient (Wildman–Crippen LogP) is 4.44. The summed E-state index contributed by atoms with van der Waals surface area (Å²) in [5, 5.41) is 0. The van der Waals surface area contributed by atoms with Crippen LogP contribution in [0.3, 0.4) is 0 Å². The third-order valence-electron chi connectivity index (χ3n) is 2.80. The molecule has 1 aromatic rings. The zero-order chi connectivity index (χ0) is 12.2. The topological polar surface area (TPSA) is 9.23 Å². The summed E-state index contributed by atoms with van der Waals surface area (Å²) in [5.74, 6) is 0.996. The maximum absolute atomic E-state index is 5.35. The lowest BCUT2D eigenvalue weighted by atomic mass is 9.88. The van der Waals surface area contributed by atoms with Gasteiger partial charge in [0.15, 0.2) is 0 Å². The summed E-state index contributed by atoms with van der Waals surface area (Å²) in [6, 6.07) is 8.24. The van der Waals surface area contributed by atoms with Crippen LogP contribution in [0.4, 0.5) is 0 Å². The van der Waals surface area contributed by atoms with Gasteiger partial charge in [0.05, 0.1) is 7.11 Å². The molecule has 16 heavy (non-hydrogen) atoms. The minimum Gasteiger partial charge on any atom is -0.496 e. The summed E-state index contributed by atoms with van der Waals surface area (Å²) in [7, 11) is 1.73. The lowest BCUT2D eigenvalue weighted by Crippen LogP contribution is -2.20. The molecule has 0 saturated heterocycles. The molecule has 0 fully saturated rings. The molecule has 0 saturated carbocycles. The van der Waals surface area contributed by atoms with Crippen molar-refractivity contribution < 1.29 is 4.74 Å². The summed E-state index contributed by atoms with van der Waals surface area (Å²) in [6.07, 6.45) is 2.18. The summed E-state index contributed by atoms with van der Waals surface area (Å²) in [5.41, 5.74) is 1.60. The van der Waals surface area contributed by atoms with E-state index in [1.54, 1.807) is 7.11 Å². The first-order chi connectivity index (χ1) is 7.45. The van der Waals surface area contributed by atoms with Gasteiger partial charge in [0.2, 0.25) is 0 Å². The van der Waals surface area contributed by atoms with Gasteiger partial charge in [-0.2, -0.15) is 0 Å². The molecule has 0 heterocycles. The van der Waals surface area contributed by atoms with E-state index in [0.717, 1.165) is 18.6 Å². The van der Waals surface area contributed by atoms with Gasteiger partial charge in [0, 0.05) is 4.83 Å². The molecule has 0 aliphatic heterocycles. The maximum Gasteiger partial charge on any atom is 0.122 e. The summed E-state index contributed by atoms with van der Waals surface area (Å²) in [6.45, 7) is 6.78. The zero-order valence-electron chi connectivity index (χ0n) is 10.6. The van der Waals surface area contributed by atoms with Crippen LogP contribution in [-0.4, -0.2) is 11.9 Å². The Morgan fingerprint density at radius 3 is 2.44 bits per heavy atom. The van der Waals surface area contributed by atoms with Gasteiger partial charge in [0.1, 0.15) is 5.75 Å². The first-order valence-corrected chi connectivity index (χ1v) is 6.62. The van der Waals surface area contributed by atoms with Gasteiger partial charge in [-0.1, -0.05) is 54.9 Å². The minimum absolute atomic E-state index is 0.308. The predicted molar refractivity (Wildman–Crippen MR) is 73.5 cm³/mol. The van der Waals surface area contributed by atoms with Crippen molar-refractivity contribution in [1.29, 1.82) is 0 Å². The number of methoxy groups -OCH3 is 1. The van der Waals surface area contributed by atoms with Gasteiger partial charge >= 0.3 is 0 Å². The summed E-state index contributed by atoms with van der Waals surface area (Å²) in [4.78, 5) is 0.532. The van der Waals surface area contributed by atoms with Crippen molar-refractivity contribution in [2.24, 2.45) is 5.41 Å². The van der Waals surface area contributed by atoms with Crippen LogP contribution in [-0.2, 0) is 6.42 Å². The Bertz CT molecular complexity index is 328. The highest BCUT2D eigenvalue weighted by molar-refractivity contribution is 9.09. The van der Waals surface area contributed by atoms with E-state index in [4.69, 9.17) is 4.74 Å². The van der Waals surface area contributed by atoms with Crippen LogP contribution < -0.4 is 4.74 Å². The highest BCUT2D eigenvalue weighted by Gasteiger charge is 2.21. The molecule has 0 aliphatic carbocycles. The lowest BCUT2D eigenvalue weighted by molar-refractivity contribution is 0.380. The number of alkyl halides is 1. The fourth-order valence-corrected chi connectivity index (χ4v) is 1.85. The number of hydrogen-bond acceptors (Lipinski definition) is 1. The number of para-hydroxylation sites is 1. The molecule has 1 aromatic carbocycles. The Kier molecular flexibility index (Phi) is 4.85. The smallest absolute Gasteiger partial charge is 0.122 e. The quantitative estimate of drug-likeness (QED) is 0.743. The molecule has 0 bridgehead atoms. The van der Waals surface area contributed by atoms with Gasteiger partial charge in [-0.05, 0) is 29.9 Å². The van der Waals surface area contributed by atoms with Crippen LogP contribution in [0, 0.1) is 5.41 Å². The number of halogens is 1. The lowest BCUT2D eigenvalue weighted by Gasteiger charge is -2.25. The first-order valence-electron chi connectivity index (χ1n) is 5.71. The second-order valence-corrected chi connectivity index (χ2v) is 6.29. The molecule has 90 valence electrons. The Morgan fingerprint density at radius 2 is 1.88 bits per heavy atom. The monoisotopic (exact) mass is 284 g/mol. The van der Waals surface area contributed by atoms with E-state index in [9.17, 15) is 0 Å². The third-order valence-corrected chi connectivity index (χ3v) is 4.63. The molecular weight excluding hydrogens is 264 g/mol. The Hall–Kier alpha value is -0.500. The molecule has 1 nitrogen and oxygen atoms in total. The van der Waals surface area contributed by atoms with Crippen molar-refractivity contribution >= 4 is 15.9 Å². The normalized spacial score (nSPS) is 13.6. The molecule has 2 heteroatoms.